The van der Waals surface area contributed by atoms with Crippen LogP contribution < -0.4 is 10.6 Å². The SMILES string of the molecule is CCCCCCCC(OC)P(c1ccccc1)c1ccccc1. The predicted molar refractivity (Wildman–Crippen MR) is 103 cm³/mol. The highest BCUT2D eigenvalue weighted by Crippen LogP contribution is 2.42. The van der Waals surface area contributed by atoms with Crippen LogP contribution in [0, 0.1) is 0 Å². The fraction of sp³-hybridized carbons (Fsp3) is 0.429. The van der Waals surface area contributed by atoms with Crippen molar-refractivity contribution >= 4 is 18.5 Å². The Morgan fingerprint density at radius 3 is 1.78 bits per heavy atom. The minimum absolute atomic E-state index is 0.302. The molecule has 0 aromatic heterocycles. The maximum Gasteiger partial charge on any atom is 0.0844 e. The zero-order valence-corrected chi connectivity index (χ0v) is 15.3. The summed E-state index contributed by atoms with van der Waals surface area (Å²) in [6.45, 7) is 2.27. The van der Waals surface area contributed by atoms with Gasteiger partial charge in [0.1, 0.15) is 0 Å². The van der Waals surface area contributed by atoms with Crippen LogP contribution in [-0.4, -0.2) is 13.0 Å². The number of unbranched alkanes of at least 4 members (excludes halogenated alkanes) is 4. The molecule has 0 saturated carbocycles. The van der Waals surface area contributed by atoms with Crippen molar-refractivity contribution in [1.29, 1.82) is 0 Å². The van der Waals surface area contributed by atoms with Gasteiger partial charge in [-0.2, -0.15) is 0 Å². The van der Waals surface area contributed by atoms with Crippen LogP contribution in [-0.2, 0) is 4.74 Å². The molecule has 1 nitrogen and oxygen atoms in total. The minimum atomic E-state index is -0.461. The van der Waals surface area contributed by atoms with Crippen LogP contribution in [0.5, 0.6) is 0 Å². The Bertz CT molecular complexity index is 487. The Morgan fingerprint density at radius 2 is 1.30 bits per heavy atom. The summed E-state index contributed by atoms with van der Waals surface area (Å²) in [6, 6.07) is 21.8. The highest BCUT2D eigenvalue weighted by atomic mass is 31.1. The van der Waals surface area contributed by atoms with Crippen LogP contribution >= 0.6 is 7.92 Å². The molecule has 0 aliphatic heterocycles. The maximum atomic E-state index is 5.96. The first-order valence-electron chi connectivity index (χ1n) is 8.79. The van der Waals surface area contributed by atoms with Crippen molar-refractivity contribution in [3.63, 3.8) is 0 Å². The topological polar surface area (TPSA) is 9.23 Å². The lowest BCUT2D eigenvalue weighted by Gasteiger charge is -2.27. The number of methoxy groups -OCH3 is 1. The van der Waals surface area contributed by atoms with Crippen LogP contribution in [0.4, 0.5) is 0 Å². The minimum Gasteiger partial charge on any atom is -0.376 e. The number of hydrogen-bond acceptors (Lipinski definition) is 1. The monoisotopic (exact) mass is 328 g/mol. The number of rotatable bonds is 10. The summed E-state index contributed by atoms with van der Waals surface area (Å²) in [5.74, 6) is 0.302. The second kappa shape index (κ2) is 10.6. The van der Waals surface area contributed by atoms with Gasteiger partial charge in [0.2, 0.25) is 0 Å². The van der Waals surface area contributed by atoms with Crippen molar-refractivity contribution in [1.82, 2.24) is 0 Å². The molecular formula is C21H29OP. The van der Waals surface area contributed by atoms with Crippen molar-refractivity contribution < 1.29 is 4.74 Å². The summed E-state index contributed by atoms with van der Waals surface area (Å²) in [5, 5.41) is 2.82. The van der Waals surface area contributed by atoms with Gasteiger partial charge in [0.05, 0.1) is 5.85 Å². The molecule has 0 heterocycles. The van der Waals surface area contributed by atoms with Gasteiger partial charge < -0.3 is 4.74 Å². The first-order valence-corrected chi connectivity index (χ1v) is 10.2. The van der Waals surface area contributed by atoms with E-state index in [0.717, 1.165) is 6.42 Å². The summed E-state index contributed by atoms with van der Waals surface area (Å²) in [6.07, 6.45) is 7.73. The second-order valence-corrected chi connectivity index (χ2v) is 8.28. The average molecular weight is 328 g/mol. The van der Waals surface area contributed by atoms with E-state index in [1.54, 1.807) is 0 Å². The van der Waals surface area contributed by atoms with Crippen molar-refractivity contribution in [3.05, 3.63) is 60.7 Å². The summed E-state index contributed by atoms with van der Waals surface area (Å²) >= 11 is 0. The Hall–Kier alpha value is -1.17. The summed E-state index contributed by atoms with van der Waals surface area (Å²) in [5.41, 5.74) is 0. The zero-order chi connectivity index (χ0) is 16.3. The van der Waals surface area contributed by atoms with Crippen molar-refractivity contribution in [3.8, 4) is 0 Å². The van der Waals surface area contributed by atoms with Gasteiger partial charge in [-0.25, -0.2) is 0 Å². The lowest BCUT2D eigenvalue weighted by molar-refractivity contribution is 0.159. The molecule has 0 radical (unpaired) electrons. The van der Waals surface area contributed by atoms with E-state index in [1.807, 2.05) is 7.11 Å². The molecule has 1 unspecified atom stereocenters. The fourth-order valence-electron chi connectivity index (χ4n) is 2.93. The highest BCUT2D eigenvalue weighted by molar-refractivity contribution is 7.73. The average Bonchev–Trinajstić information content (AvgIpc) is 2.62. The Labute approximate surface area is 142 Å². The third kappa shape index (κ3) is 5.75. The maximum absolute atomic E-state index is 5.96. The van der Waals surface area contributed by atoms with Crippen LogP contribution in [0.15, 0.2) is 60.7 Å². The molecule has 0 spiro atoms. The second-order valence-electron chi connectivity index (χ2n) is 5.93. The Balaban J connectivity index is 2.12. The van der Waals surface area contributed by atoms with Gasteiger partial charge in [0, 0.05) is 7.11 Å². The van der Waals surface area contributed by atoms with Gasteiger partial charge in [-0.05, 0) is 25.0 Å². The summed E-state index contributed by atoms with van der Waals surface area (Å²) in [4.78, 5) is 0. The van der Waals surface area contributed by atoms with E-state index >= 15 is 0 Å². The molecule has 2 aromatic rings. The predicted octanol–water partition coefficient (Wildman–Crippen LogP) is 5.45. The summed E-state index contributed by atoms with van der Waals surface area (Å²) in [7, 11) is 1.41. The lowest BCUT2D eigenvalue weighted by atomic mass is 10.1. The van der Waals surface area contributed by atoms with Crippen LogP contribution in [0.3, 0.4) is 0 Å². The highest BCUT2D eigenvalue weighted by Gasteiger charge is 2.23. The van der Waals surface area contributed by atoms with E-state index in [2.05, 4.69) is 67.6 Å². The van der Waals surface area contributed by atoms with E-state index in [1.165, 1.54) is 42.7 Å². The van der Waals surface area contributed by atoms with Crippen molar-refractivity contribution in [2.75, 3.05) is 7.11 Å². The van der Waals surface area contributed by atoms with E-state index in [0.29, 0.717) is 5.85 Å². The van der Waals surface area contributed by atoms with Gasteiger partial charge in [-0.15, -0.1) is 0 Å². The molecule has 2 heteroatoms. The third-order valence-electron chi connectivity index (χ3n) is 4.18. The normalized spacial score (nSPS) is 12.5. The molecule has 0 fully saturated rings. The molecule has 23 heavy (non-hydrogen) atoms. The molecular weight excluding hydrogens is 299 g/mol. The molecule has 124 valence electrons. The molecule has 0 saturated heterocycles. The molecule has 2 rings (SSSR count). The fourth-order valence-corrected chi connectivity index (χ4v) is 5.54. The molecule has 0 amide bonds. The van der Waals surface area contributed by atoms with E-state index in [9.17, 15) is 0 Å². The van der Waals surface area contributed by atoms with Gasteiger partial charge in [-0.3, -0.25) is 0 Å². The Kier molecular flexibility index (Phi) is 8.36. The first kappa shape index (κ1) is 18.2. The lowest BCUT2D eigenvalue weighted by Crippen LogP contribution is -2.23. The number of hydrogen-bond donors (Lipinski definition) is 0. The van der Waals surface area contributed by atoms with Crippen LogP contribution in [0.1, 0.15) is 45.4 Å². The first-order chi connectivity index (χ1) is 11.4. The van der Waals surface area contributed by atoms with Crippen molar-refractivity contribution in [2.24, 2.45) is 0 Å². The Morgan fingerprint density at radius 1 is 0.783 bits per heavy atom. The molecule has 0 aliphatic rings. The van der Waals surface area contributed by atoms with E-state index < -0.39 is 7.92 Å². The zero-order valence-electron chi connectivity index (χ0n) is 14.4. The van der Waals surface area contributed by atoms with E-state index in [-0.39, 0.29) is 0 Å². The molecule has 2 aromatic carbocycles. The quantitative estimate of drug-likeness (QED) is 0.416. The van der Waals surface area contributed by atoms with Gasteiger partial charge in [0.15, 0.2) is 0 Å². The van der Waals surface area contributed by atoms with Gasteiger partial charge in [0.25, 0.3) is 0 Å². The molecule has 0 N–H and O–H groups in total. The van der Waals surface area contributed by atoms with Crippen LogP contribution in [0.25, 0.3) is 0 Å². The van der Waals surface area contributed by atoms with Gasteiger partial charge in [-0.1, -0.05) is 99.7 Å². The molecule has 1 atom stereocenters. The molecule has 0 bridgehead atoms. The number of ether oxygens (including phenoxy) is 1. The molecule has 0 aliphatic carbocycles. The third-order valence-corrected chi connectivity index (χ3v) is 6.94. The van der Waals surface area contributed by atoms with Crippen LogP contribution in [0.2, 0.25) is 0 Å². The van der Waals surface area contributed by atoms with Gasteiger partial charge >= 0.3 is 0 Å². The van der Waals surface area contributed by atoms with Crippen molar-refractivity contribution in [2.45, 2.75) is 51.3 Å². The van der Waals surface area contributed by atoms with E-state index in [4.69, 9.17) is 4.74 Å². The standard InChI is InChI=1S/C21H29OP/c1-3-4-5-6-13-18-21(22-2)23(19-14-9-7-10-15-19)20-16-11-8-12-17-20/h7-12,14-17,21H,3-6,13,18H2,1-2H3. The number of benzene rings is 2. The summed E-state index contributed by atoms with van der Waals surface area (Å²) < 4.78 is 5.96. The smallest absolute Gasteiger partial charge is 0.0844 e. The largest absolute Gasteiger partial charge is 0.376 e.